The Morgan fingerprint density at radius 3 is 2.42 bits per heavy atom. The van der Waals surface area contributed by atoms with Crippen molar-refractivity contribution in [1.82, 2.24) is 10.2 Å². The lowest BCUT2D eigenvalue weighted by atomic mass is 10.0. The smallest absolute Gasteiger partial charge is 0.326 e. The monoisotopic (exact) mass is 292 g/mol. The Kier molecular flexibility index (Phi) is 4.44. The molecule has 19 heavy (non-hydrogen) atoms. The van der Waals surface area contributed by atoms with Gasteiger partial charge in [0.15, 0.2) is 9.84 Å². The first-order chi connectivity index (χ1) is 8.60. The molecular formula is C11H20N2O5S. The molecule has 2 amide bonds. The maximum atomic E-state index is 12.0. The minimum atomic E-state index is -3.12. The predicted octanol–water partition coefficient (Wildman–Crippen LogP) is 0.0682. The molecule has 1 heterocycles. The van der Waals surface area contributed by atoms with E-state index in [0.29, 0.717) is 6.42 Å². The lowest BCUT2D eigenvalue weighted by Gasteiger charge is -2.30. The number of likely N-dealkylation sites (N-methyl/N-ethyl adjacent to an activating group) is 1. The maximum absolute atomic E-state index is 12.0. The topological polar surface area (TPSA) is 104 Å². The molecule has 1 saturated heterocycles. The van der Waals surface area contributed by atoms with Crippen LogP contribution in [0.15, 0.2) is 0 Å². The van der Waals surface area contributed by atoms with Gasteiger partial charge in [0.25, 0.3) is 0 Å². The second kappa shape index (κ2) is 5.36. The van der Waals surface area contributed by atoms with Crippen molar-refractivity contribution in [3.8, 4) is 0 Å². The summed E-state index contributed by atoms with van der Waals surface area (Å²) in [5.74, 6) is -1.14. The summed E-state index contributed by atoms with van der Waals surface area (Å²) in [6.07, 6.45) is 0.632. The average molecular weight is 292 g/mol. The molecule has 0 saturated carbocycles. The van der Waals surface area contributed by atoms with E-state index in [1.807, 2.05) is 0 Å². The van der Waals surface area contributed by atoms with Gasteiger partial charge in [-0.1, -0.05) is 6.92 Å². The number of sulfone groups is 1. The summed E-state index contributed by atoms with van der Waals surface area (Å²) in [6.45, 7) is 3.33. The van der Waals surface area contributed by atoms with Gasteiger partial charge in [-0.2, -0.15) is 0 Å². The Balaban J connectivity index is 2.72. The van der Waals surface area contributed by atoms with E-state index in [-0.39, 0.29) is 17.9 Å². The summed E-state index contributed by atoms with van der Waals surface area (Å²) in [4.78, 5) is 24.1. The summed E-state index contributed by atoms with van der Waals surface area (Å²) >= 11 is 0. The van der Waals surface area contributed by atoms with Crippen LogP contribution in [0.25, 0.3) is 0 Å². The number of carboxylic acid groups (broad SMARTS) is 1. The second-order valence-electron chi connectivity index (χ2n) is 5.21. The van der Waals surface area contributed by atoms with Gasteiger partial charge in [0.2, 0.25) is 0 Å². The zero-order chi connectivity index (χ0) is 14.8. The van der Waals surface area contributed by atoms with Crippen LogP contribution >= 0.6 is 0 Å². The van der Waals surface area contributed by atoms with E-state index >= 15 is 0 Å². The molecule has 2 N–H and O–H groups in total. The number of carboxylic acids is 1. The molecule has 0 bridgehead atoms. The van der Waals surface area contributed by atoms with Crippen molar-refractivity contribution >= 4 is 21.8 Å². The number of urea groups is 1. The molecule has 7 nitrogen and oxygen atoms in total. The third kappa shape index (κ3) is 3.82. The summed E-state index contributed by atoms with van der Waals surface area (Å²) in [7, 11) is -1.72. The molecule has 110 valence electrons. The van der Waals surface area contributed by atoms with Crippen molar-refractivity contribution in [3.63, 3.8) is 0 Å². The number of aliphatic carboxylic acids is 1. The number of nitrogens with zero attached hydrogens (tertiary/aromatic N) is 1. The van der Waals surface area contributed by atoms with E-state index in [1.165, 1.54) is 7.05 Å². The molecule has 0 radical (unpaired) electrons. The van der Waals surface area contributed by atoms with Crippen molar-refractivity contribution in [2.75, 3.05) is 18.6 Å². The van der Waals surface area contributed by atoms with Gasteiger partial charge >= 0.3 is 12.0 Å². The van der Waals surface area contributed by atoms with Gasteiger partial charge in [-0.3, -0.25) is 0 Å². The quantitative estimate of drug-likeness (QED) is 0.763. The molecule has 1 aliphatic heterocycles. The molecule has 1 fully saturated rings. The van der Waals surface area contributed by atoms with Gasteiger partial charge in [0, 0.05) is 7.05 Å². The molecule has 0 spiro atoms. The predicted molar refractivity (Wildman–Crippen MR) is 69.7 cm³/mol. The number of carbonyl (C=O) groups excluding carboxylic acids is 1. The Morgan fingerprint density at radius 1 is 1.47 bits per heavy atom. The van der Waals surface area contributed by atoms with Crippen molar-refractivity contribution in [1.29, 1.82) is 0 Å². The minimum absolute atomic E-state index is 0.0453. The summed E-state index contributed by atoms with van der Waals surface area (Å²) < 4.78 is 22.9. The van der Waals surface area contributed by atoms with Crippen LogP contribution < -0.4 is 5.32 Å². The van der Waals surface area contributed by atoms with Crippen LogP contribution in [0, 0.1) is 0 Å². The van der Waals surface area contributed by atoms with Gasteiger partial charge in [-0.15, -0.1) is 0 Å². The highest BCUT2D eigenvalue weighted by atomic mass is 32.2. The Labute approximate surface area is 112 Å². The zero-order valence-electron chi connectivity index (χ0n) is 11.3. The molecule has 0 aromatic rings. The highest BCUT2D eigenvalue weighted by Gasteiger charge is 2.40. The Hall–Kier alpha value is -1.31. The van der Waals surface area contributed by atoms with Crippen LogP contribution in [-0.2, 0) is 14.6 Å². The number of amides is 2. The van der Waals surface area contributed by atoms with Gasteiger partial charge < -0.3 is 15.3 Å². The summed E-state index contributed by atoms with van der Waals surface area (Å²) in [5.41, 5.74) is -0.818. The minimum Gasteiger partial charge on any atom is -0.480 e. The molecule has 8 heteroatoms. The standard InChI is InChI=1S/C11H20N2O5S/c1-4-8(9(14)15)13(3)10(16)12-11(2)5-6-19(17,18)7-11/h8H,4-7H2,1-3H3,(H,12,16)(H,14,15). The molecule has 1 aliphatic rings. The van der Waals surface area contributed by atoms with Crippen molar-refractivity contribution in [2.45, 2.75) is 38.3 Å². The number of carbonyl (C=O) groups is 2. The molecule has 0 aromatic heterocycles. The lowest BCUT2D eigenvalue weighted by Crippen LogP contribution is -2.54. The number of hydrogen-bond donors (Lipinski definition) is 2. The molecule has 0 aromatic carbocycles. The first kappa shape index (κ1) is 15.7. The largest absolute Gasteiger partial charge is 0.480 e. The van der Waals surface area contributed by atoms with Crippen LogP contribution in [0.1, 0.15) is 26.7 Å². The van der Waals surface area contributed by atoms with Crippen LogP contribution in [-0.4, -0.2) is 60.6 Å². The molecular weight excluding hydrogens is 272 g/mol. The van der Waals surface area contributed by atoms with Gasteiger partial charge in [-0.05, 0) is 19.8 Å². The fourth-order valence-corrected chi connectivity index (χ4v) is 4.30. The Bertz CT molecular complexity index is 475. The van der Waals surface area contributed by atoms with E-state index in [1.54, 1.807) is 13.8 Å². The highest BCUT2D eigenvalue weighted by molar-refractivity contribution is 7.91. The van der Waals surface area contributed by atoms with Crippen LogP contribution in [0.5, 0.6) is 0 Å². The molecule has 1 rings (SSSR count). The van der Waals surface area contributed by atoms with Gasteiger partial charge in [-0.25, -0.2) is 18.0 Å². The van der Waals surface area contributed by atoms with Crippen molar-refractivity contribution in [3.05, 3.63) is 0 Å². The highest BCUT2D eigenvalue weighted by Crippen LogP contribution is 2.23. The first-order valence-electron chi connectivity index (χ1n) is 6.08. The lowest BCUT2D eigenvalue weighted by molar-refractivity contribution is -0.141. The van der Waals surface area contributed by atoms with E-state index in [9.17, 15) is 18.0 Å². The summed E-state index contributed by atoms with van der Waals surface area (Å²) in [5, 5.41) is 11.6. The normalized spacial score (nSPS) is 26.7. The molecule has 2 unspecified atom stereocenters. The van der Waals surface area contributed by atoms with Gasteiger partial charge in [0.1, 0.15) is 6.04 Å². The Morgan fingerprint density at radius 2 is 2.05 bits per heavy atom. The second-order valence-corrected chi connectivity index (χ2v) is 7.39. The van der Waals surface area contributed by atoms with E-state index in [4.69, 9.17) is 5.11 Å². The third-order valence-corrected chi connectivity index (χ3v) is 5.27. The number of hydrogen-bond acceptors (Lipinski definition) is 4. The van der Waals surface area contributed by atoms with Crippen LogP contribution in [0.4, 0.5) is 4.79 Å². The number of rotatable bonds is 4. The van der Waals surface area contributed by atoms with Crippen molar-refractivity contribution in [2.24, 2.45) is 0 Å². The SMILES string of the molecule is CCC(C(=O)O)N(C)C(=O)NC1(C)CCS(=O)(=O)C1. The maximum Gasteiger partial charge on any atom is 0.326 e. The molecule has 2 atom stereocenters. The van der Waals surface area contributed by atoms with E-state index < -0.39 is 33.4 Å². The van der Waals surface area contributed by atoms with Gasteiger partial charge in [0.05, 0.1) is 17.0 Å². The average Bonchev–Trinajstić information content (AvgIpc) is 2.52. The fraction of sp³-hybridized carbons (Fsp3) is 0.818. The number of nitrogens with one attached hydrogen (secondary N) is 1. The first-order valence-corrected chi connectivity index (χ1v) is 7.90. The van der Waals surface area contributed by atoms with Crippen molar-refractivity contribution < 1.29 is 23.1 Å². The van der Waals surface area contributed by atoms with E-state index in [0.717, 1.165) is 4.90 Å². The third-order valence-electron chi connectivity index (χ3n) is 3.37. The zero-order valence-corrected chi connectivity index (χ0v) is 12.2. The van der Waals surface area contributed by atoms with Crippen LogP contribution in [0.2, 0.25) is 0 Å². The van der Waals surface area contributed by atoms with Crippen LogP contribution in [0.3, 0.4) is 0 Å². The fourth-order valence-electron chi connectivity index (χ4n) is 2.21. The molecule has 0 aliphatic carbocycles. The van der Waals surface area contributed by atoms with E-state index in [2.05, 4.69) is 5.32 Å². The summed E-state index contributed by atoms with van der Waals surface area (Å²) in [6, 6.07) is -1.48.